The van der Waals surface area contributed by atoms with Gasteiger partial charge in [0.15, 0.2) is 11.7 Å². The molecule has 0 fully saturated rings. The molecule has 9 heteroatoms. The Kier molecular flexibility index (Phi) is 8.70. The fourth-order valence-corrected chi connectivity index (χ4v) is 2.97. The van der Waals surface area contributed by atoms with Gasteiger partial charge >= 0.3 is 0 Å². The van der Waals surface area contributed by atoms with Gasteiger partial charge in [-0.3, -0.25) is 25.8 Å². The van der Waals surface area contributed by atoms with Crippen LogP contribution in [0.25, 0.3) is 6.08 Å². The first kappa shape index (κ1) is 24.5. The van der Waals surface area contributed by atoms with Gasteiger partial charge in [-0.1, -0.05) is 39.0 Å². The smallest absolute Gasteiger partial charge is 0.276 e. The van der Waals surface area contributed by atoms with Crippen LogP contribution < -0.4 is 20.9 Å². The van der Waals surface area contributed by atoms with Crippen LogP contribution in [-0.2, 0) is 15.0 Å². The van der Waals surface area contributed by atoms with Crippen molar-refractivity contribution in [1.82, 2.24) is 16.2 Å². The van der Waals surface area contributed by atoms with Gasteiger partial charge in [0.05, 0.1) is 4.47 Å². The fourth-order valence-electron chi connectivity index (χ4n) is 2.32. The Bertz CT molecular complexity index is 988. The van der Waals surface area contributed by atoms with Crippen LogP contribution in [0.2, 0.25) is 0 Å². The highest BCUT2D eigenvalue weighted by Crippen LogP contribution is 2.31. The van der Waals surface area contributed by atoms with Crippen LogP contribution in [0.15, 0.2) is 53.0 Å². The zero-order valence-electron chi connectivity index (χ0n) is 17.3. The number of hydrazine groups is 1. The monoisotopic (exact) mass is 507 g/mol. The third-order valence-corrected chi connectivity index (χ3v) is 4.83. The Morgan fingerprint density at radius 2 is 1.81 bits per heavy atom. The van der Waals surface area contributed by atoms with Gasteiger partial charge in [-0.05, 0) is 75.0 Å². The summed E-state index contributed by atoms with van der Waals surface area (Å²) in [6.45, 7) is 6.07. The van der Waals surface area contributed by atoms with Crippen LogP contribution in [0.4, 0.5) is 4.39 Å². The lowest BCUT2D eigenvalue weighted by molar-refractivity contribution is -0.123. The Balaban J connectivity index is 1.75. The number of thiocarbonyl (C=S) groups is 1. The predicted molar refractivity (Wildman–Crippen MR) is 126 cm³/mol. The second kappa shape index (κ2) is 11.0. The second-order valence-electron chi connectivity index (χ2n) is 7.56. The van der Waals surface area contributed by atoms with E-state index in [0.717, 1.165) is 10.0 Å². The predicted octanol–water partition coefficient (Wildman–Crippen LogP) is 4.00. The molecule has 2 aromatic carbocycles. The first-order chi connectivity index (χ1) is 14.5. The maximum Gasteiger partial charge on any atom is 0.276 e. The van der Waals surface area contributed by atoms with Gasteiger partial charge in [-0.2, -0.15) is 0 Å². The lowest BCUT2D eigenvalue weighted by Crippen LogP contribution is -2.49. The molecule has 0 heterocycles. The van der Waals surface area contributed by atoms with E-state index in [1.807, 2.05) is 12.1 Å². The number of halogens is 2. The van der Waals surface area contributed by atoms with Gasteiger partial charge in [0, 0.05) is 6.08 Å². The van der Waals surface area contributed by atoms with Crippen molar-refractivity contribution in [2.24, 2.45) is 0 Å². The number of hydrogen-bond donors (Lipinski definition) is 3. The molecule has 0 saturated carbocycles. The van der Waals surface area contributed by atoms with Crippen molar-refractivity contribution in [2.45, 2.75) is 26.2 Å². The highest BCUT2D eigenvalue weighted by molar-refractivity contribution is 9.10. The van der Waals surface area contributed by atoms with Gasteiger partial charge in [0.1, 0.15) is 11.6 Å². The van der Waals surface area contributed by atoms with Crippen LogP contribution in [0, 0.1) is 5.82 Å². The molecular weight excluding hydrogens is 485 g/mol. The van der Waals surface area contributed by atoms with Crippen LogP contribution >= 0.6 is 28.1 Å². The number of ether oxygens (including phenoxy) is 1. The van der Waals surface area contributed by atoms with Crippen molar-refractivity contribution in [2.75, 3.05) is 6.61 Å². The van der Waals surface area contributed by atoms with Crippen molar-refractivity contribution < 1.29 is 18.7 Å². The van der Waals surface area contributed by atoms with Gasteiger partial charge in [-0.25, -0.2) is 4.39 Å². The van der Waals surface area contributed by atoms with E-state index in [-0.39, 0.29) is 23.0 Å². The number of hydrogen-bond acceptors (Lipinski definition) is 4. The average molecular weight is 508 g/mol. The molecule has 0 aliphatic rings. The lowest BCUT2D eigenvalue weighted by Gasteiger charge is -2.20. The number of rotatable bonds is 5. The van der Waals surface area contributed by atoms with Crippen molar-refractivity contribution in [3.8, 4) is 5.75 Å². The van der Waals surface area contributed by atoms with E-state index in [2.05, 4.69) is 52.9 Å². The van der Waals surface area contributed by atoms with Gasteiger partial charge in [-0.15, -0.1) is 0 Å². The molecule has 0 saturated heterocycles. The maximum absolute atomic E-state index is 12.9. The second-order valence-corrected chi connectivity index (χ2v) is 8.82. The molecule has 0 radical (unpaired) electrons. The summed E-state index contributed by atoms with van der Waals surface area (Å²) in [5, 5.41) is 2.29. The van der Waals surface area contributed by atoms with E-state index in [4.69, 9.17) is 17.0 Å². The fraction of sp³-hybridized carbons (Fsp3) is 0.227. The molecule has 6 nitrogen and oxygen atoms in total. The molecule has 3 N–H and O–H groups in total. The molecule has 2 amide bonds. The maximum atomic E-state index is 12.9. The molecule has 0 spiro atoms. The molecule has 0 unspecified atom stereocenters. The van der Waals surface area contributed by atoms with Gasteiger partial charge in [0.2, 0.25) is 5.91 Å². The van der Waals surface area contributed by atoms with Crippen molar-refractivity contribution in [1.29, 1.82) is 0 Å². The van der Waals surface area contributed by atoms with Crippen LogP contribution in [0.5, 0.6) is 5.75 Å². The summed E-state index contributed by atoms with van der Waals surface area (Å²) in [6, 6.07) is 11.3. The van der Waals surface area contributed by atoms with Gasteiger partial charge in [0.25, 0.3) is 5.91 Å². The van der Waals surface area contributed by atoms with Crippen molar-refractivity contribution >= 4 is 51.2 Å². The molecule has 2 aromatic rings. The first-order valence-corrected chi connectivity index (χ1v) is 10.5. The normalized spacial score (nSPS) is 11.1. The molecule has 0 bridgehead atoms. The Morgan fingerprint density at radius 3 is 2.42 bits per heavy atom. The summed E-state index contributed by atoms with van der Waals surface area (Å²) in [4.78, 5) is 23.8. The standard InChI is InChI=1S/C22H23BrFN3O3S/c1-22(2,3)15-7-10-18(17(23)12-15)30-13-20(29)26-27-21(31)25-19(28)11-6-14-4-8-16(24)9-5-14/h4-12H,13H2,1-3H3,(H,26,29)(H2,25,27,28,31)/b11-6+. The summed E-state index contributed by atoms with van der Waals surface area (Å²) < 4.78 is 19.1. The summed E-state index contributed by atoms with van der Waals surface area (Å²) in [5.41, 5.74) is 6.55. The Morgan fingerprint density at radius 1 is 1.13 bits per heavy atom. The van der Waals surface area contributed by atoms with Gasteiger partial charge < -0.3 is 4.74 Å². The summed E-state index contributed by atoms with van der Waals surface area (Å²) in [6.07, 6.45) is 2.75. The Labute approximate surface area is 194 Å². The largest absolute Gasteiger partial charge is 0.483 e. The molecule has 0 aromatic heterocycles. The Hall–Kier alpha value is -2.78. The minimum absolute atomic E-state index is 0.00329. The molecular formula is C22H23BrFN3O3S. The highest BCUT2D eigenvalue weighted by Gasteiger charge is 2.15. The third-order valence-electron chi connectivity index (χ3n) is 4.01. The van der Waals surface area contributed by atoms with E-state index >= 15 is 0 Å². The minimum Gasteiger partial charge on any atom is -0.483 e. The van der Waals surface area contributed by atoms with Crippen molar-refractivity contribution in [3.63, 3.8) is 0 Å². The lowest BCUT2D eigenvalue weighted by atomic mass is 9.87. The molecule has 31 heavy (non-hydrogen) atoms. The first-order valence-electron chi connectivity index (χ1n) is 9.31. The topological polar surface area (TPSA) is 79.5 Å². The summed E-state index contributed by atoms with van der Waals surface area (Å²) in [5.74, 6) is -0.814. The summed E-state index contributed by atoms with van der Waals surface area (Å²) in [7, 11) is 0. The molecule has 0 aliphatic carbocycles. The minimum atomic E-state index is -0.504. The van der Waals surface area contributed by atoms with Crippen LogP contribution in [0.1, 0.15) is 31.9 Å². The van der Waals surface area contributed by atoms with Crippen LogP contribution in [0.3, 0.4) is 0 Å². The zero-order chi connectivity index (χ0) is 23.0. The molecule has 0 aliphatic heterocycles. The number of amides is 2. The zero-order valence-corrected chi connectivity index (χ0v) is 19.7. The number of carbonyl (C=O) groups excluding carboxylic acids is 2. The molecule has 2 rings (SSSR count). The number of benzene rings is 2. The highest BCUT2D eigenvalue weighted by atomic mass is 79.9. The van der Waals surface area contributed by atoms with E-state index in [9.17, 15) is 14.0 Å². The van der Waals surface area contributed by atoms with E-state index in [1.54, 1.807) is 6.07 Å². The molecule has 164 valence electrons. The van der Waals surface area contributed by atoms with Crippen LogP contribution in [-0.4, -0.2) is 23.5 Å². The van der Waals surface area contributed by atoms with E-state index in [0.29, 0.717) is 11.3 Å². The van der Waals surface area contributed by atoms with Crippen molar-refractivity contribution in [3.05, 3.63) is 70.0 Å². The summed E-state index contributed by atoms with van der Waals surface area (Å²) >= 11 is 8.40. The number of nitrogens with one attached hydrogen (secondary N) is 3. The average Bonchev–Trinajstić information content (AvgIpc) is 2.70. The SMILES string of the molecule is CC(C)(C)c1ccc(OCC(=O)NNC(=S)NC(=O)/C=C/c2ccc(F)cc2)c(Br)c1. The quantitative estimate of drug-likeness (QED) is 0.323. The third kappa shape index (κ3) is 8.47. The molecule has 0 atom stereocenters. The van der Waals surface area contributed by atoms with E-state index in [1.165, 1.54) is 36.4 Å². The number of carbonyl (C=O) groups is 2. The van der Waals surface area contributed by atoms with E-state index < -0.39 is 11.8 Å².